The van der Waals surface area contributed by atoms with Crippen molar-refractivity contribution in [3.63, 3.8) is 0 Å². The lowest BCUT2D eigenvalue weighted by Gasteiger charge is -2.15. The van der Waals surface area contributed by atoms with E-state index in [0.29, 0.717) is 0 Å². The third kappa shape index (κ3) is 8.13. The second kappa shape index (κ2) is 12.4. The normalized spacial score (nSPS) is 12.6. The van der Waals surface area contributed by atoms with Crippen LogP contribution in [-0.2, 0) is 0 Å². The second-order valence-corrected chi connectivity index (χ2v) is 4.45. The predicted octanol–water partition coefficient (Wildman–Crippen LogP) is 3.91. The molecular formula is C16H30N2. The van der Waals surface area contributed by atoms with Crippen LogP contribution in [0.25, 0.3) is 0 Å². The van der Waals surface area contributed by atoms with Crippen LogP contribution in [0, 0.1) is 0 Å². The summed E-state index contributed by atoms with van der Waals surface area (Å²) in [5.74, 6) is 0. The van der Waals surface area contributed by atoms with Gasteiger partial charge in [0.1, 0.15) is 0 Å². The quantitative estimate of drug-likeness (QED) is 0.331. The Balaban J connectivity index is 4.63. The van der Waals surface area contributed by atoms with Crippen molar-refractivity contribution >= 4 is 0 Å². The average molecular weight is 250 g/mol. The summed E-state index contributed by atoms with van der Waals surface area (Å²) < 4.78 is 0. The van der Waals surface area contributed by atoms with Crippen LogP contribution in [0.4, 0.5) is 0 Å². The molecule has 0 heterocycles. The summed E-state index contributed by atoms with van der Waals surface area (Å²) in [7, 11) is 0. The van der Waals surface area contributed by atoms with Gasteiger partial charge in [-0.25, -0.2) is 0 Å². The Morgan fingerprint density at radius 2 is 2.00 bits per heavy atom. The molecule has 104 valence electrons. The molecule has 0 saturated heterocycles. The molecule has 0 aromatic rings. The van der Waals surface area contributed by atoms with E-state index >= 15 is 0 Å². The summed E-state index contributed by atoms with van der Waals surface area (Å²) in [5.41, 5.74) is 8.26. The second-order valence-electron chi connectivity index (χ2n) is 4.45. The molecule has 0 radical (unpaired) electrons. The van der Waals surface area contributed by atoms with Gasteiger partial charge in [-0.2, -0.15) is 0 Å². The molecule has 2 nitrogen and oxygen atoms in total. The molecule has 0 amide bonds. The summed E-state index contributed by atoms with van der Waals surface area (Å²) in [5, 5.41) is 3.51. The topological polar surface area (TPSA) is 38.0 Å². The molecule has 0 bridgehead atoms. The van der Waals surface area contributed by atoms with E-state index in [1.807, 2.05) is 6.08 Å². The van der Waals surface area contributed by atoms with E-state index in [1.165, 1.54) is 24.1 Å². The maximum Gasteiger partial charge on any atom is 0.0332 e. The first kappa shape index (κ1) is 17.0. The van der Waals surface area contributed by atoms with E-state index in [-0.39, 0.29) is 0 Å². The zero-order valence-electron chi connectivity index (χ0n) is 12.2. The van der Waals surface area contributed by atoms with Crippen LogP contribution >= 0.6 is 0 Å². The van der Waals surface area contributed by atoms with E-state index in [2.05, 4.69) is 37.9 Å². The monoisotopic (exact) mass is 250 g/mol. The number of nitrogens with one attached hydrogen (secondary N) is 1. The maximum atomic E-state index is 5.54. The van der Waals surface area contributed by atoms with Gasteiger partial charge >= 0.3 is 0 Å². The fraction of sp³-hybridized carbons (Fsp3) is 0.625. The number of nitrogens with two attached hydrogens (primary N) is 1. The van der Waals surface area contributed by atoms with E-state index in [1.54, 1.807) is 0 Å². The zero-order valence-corrected chi connectivity index (χ0v) is 12.2. The van der Waals surface area contributed by atoms with Gasteiger partial charge in [-0.05, 0) is 44.2 Å². The first-order valence-corrected chi connectivity index (χ1v) is 7.24. The molecule has 0 saturated carbocycles. The van der Waals surface area contributed by atoms with Crippen LogP contribution in [0.5, 0.6) is 0 Å². The minimum absolute atomic E-state index is 0.740. The van der Waals surface area contributed by atoms with Crippen molar-refractivity contribution in [1.29, 1.82) is 0 Å². The summed E-state index contributed by atoms with van der Waals surface area (Å²) in [6, 6.07) is 0. The Bertz CT molecular complexity index is 264. The van der Waals surface area contributed by atoms with Gasteiger partial charge in [-0.3, -0.25) is 0 Å². The number of hydrogen-bond donors (Lipinski definition) is 2. The lowest BCUT2D eigenvalue weighted by Crippen LogP contribution is -2.19. The number of rotatable bonds is 11. The van der Waals surface area contributed by atoms with Crippen molar-refractivity contribution in [2.75, 3.05) is 13.1 Å². The average Bonchev–Trinajstić information content (AvgIpc) is 2.39. The van der Waals surface area contributed by atoms with E-state index < -0.39 is 0 Å². The molecule has 0 atom stereocenters. The minimum atomic E-state index is 0.740. The molecule has 0 spiro atoms. The van der Waals surface area contributed by atoms with Crippen molar-refractivity contribution < 1.29 is 0 Å². The Morgan fingerprint density at radius 1 is 1.22 bits per heavy atom. The smallest absolute Gasteiger partial charge is 0.0332 e. The molecule has 0 aliphatic heterocycles. The molecule has 0 fully saturated rings. The van der Waals surface area contributed by atoms with Gasteiger partial charge in [0.15, 0.2) is 0 Å². The van der Waals surface area contributed by atoms with Gasteiger partial charge in [-0.1, -0.05) is 38.5 Å². The van der Waals surface area contributed by atoms with E-state index in [0.717, 1.165) is 38.8 Å². The van der Waals surface area contributed by atoms with E-state index in [9.17, 15) is 0 Å². The van der Waals surface area contributed by atoms with Gasteiger partial charge in [0, 0.05) is 12.2 Å². The predicted molar refractivity (Wildman–Crippen MR) is 82.5 cm³/mol. The summed E-state index contributed by atoms with van der Waals surface area (Å²) in [6.45, 7) is 9.90. The Kier molecular flexibility index (Phi) is 11.7. The van der Waals surface area contributed by atoms with Crippen LogP contribution in [0.15, 0.2) is 36.1 Å². The summed E-state index contributed by atoms with van der Waals surface area (Å²) in [4.78, 5) is 0. The summed E-state index contributed by atoms with van der Waals surface area (Å²) in [6.07, 6.45) is 13.2. The number of hydrogen-bond acceptors (Lipinski definition) is 2. The van der Waals surface area contributed by atoms with Crippen molar-refractivity contribution in [3.8, 4) is 0 Å². The van der Waals surface area contributed by atoms with Crippen molar-refractivity contribution in [2.45, 2.75) is 52.4 Å². The Labute approximate surface area is 113 Å². The maximum absolute atomic E-state index is 5.54. The lowest BCUT2D eigenvalue weighted by molar-refractivity contribution is 0.711. The SMILES string of the molecule is C=CC/C=C(NCCCN)\C(=C/CC)CCCC. The lowest BCUT2D eigenvalue weighted by atomic mass is 10.0. The van der Waals surface area contributed by atoms with Crippen molar-refractivity contribution in [3.05, 3.63) is 36.1 Å². The molecule has 2 heteroatoms. The molecule has 0 unspecified atom stereocenters. The van der Waals surface area contributed by atoms with Crippen LogP contribution < -0.4 is 11.1 Å². The van der Waals surface area contributed by atoms with Gasteiger partial charge in [-0.15, -0.1) is 6.58 Å². The van der Waals surface area contributed by atoms with Gasteiger partial charge < -0.3 is 11.1 Å². The molecule has 0 aromatic carbocycles. The highest BCUT2D eigenvalue weighted by Crippen LogP contribution is 2.17. The highest BCUT2D eigenvalue weighted by molar-refractivity contribution is 5.29. The fourth-order valence-corrected chi connectivity index (χ4v) is 1.80. The zero-order chi connectivity index (χ0) is 13.6. The molecule has 0 aliphatic carbocycles. The largest absolute Gasteiger partial charge is 0.385 e. The minimum Gasteiger partial charge on any atom is -0.385 e. The molecule has 0 aliphatic rings. The molecular weight excluding hydrogens is 220 g/mol. The Morgan fingerprint density at radius 3 is 2.56 bits per heavy atom. The van der Waals surface area contributed by atoms with Gasteiger partial charge in [0.05, 0.1) is 0 Å². The standard InChI is InChI=1S/C16H30N2/c1-4-7-11-15(10-6-3)16(12-8-5-2)18-14-9-13-17/h5,10,12,18H,2,4,6-9,11,13-14,17H2,1,3H3/b15-10-,16-12+. The van der Waals surface area contributed by atoms with Crippen LogP contribution in [0.2, 0.25) is 0 Å². The summed E-state index contributed by atoms with van der Waals surface area (Å²) >= 11 is 0. The third-order valence-electron chi connectivity index (χ3n) is 2.78. The highest BCUT2D eigenvalue weighted by Gasteiger charge is 2.03. The van der Waals surface area contributed by atoms with Crippen molar-refractivity contribution in [1.82, 2.24) is 5.32 Å². The van der Waals surface area contributed by atoms with Crippen LogP contribution in [0.1, 0.15) is 52.4 Å². The number of unbranched alkanes of at least 4 members (excludes halogenated alkanes) is 1. The van der Waals surface area contributed by atoms with Crippen molar-refractivity contribution in [2.24, 2.45) is 5.73 Å². The molecule has 18 heavy (non-hydrogen) atoms. The Hall–Kier alpha value is -1.02. The molecule has 0 aromatic heterocycles. The molecule has 3 N–H and O–H groups in total. The van der Waals surface area contributed by atoms with Gasteiger partial charge in [0.25, 0.3) is 0 Å². The van der Waals surface area contributed by atoms with Crippen LogP contribution in [-0.4, -0.2) is 13.1 Å². The first-order chi connectivity index (χ1) is 8.79. The molecule has 0 rings (SSSR count). The van der Waals surface area contributed by atoms with Crippen LogP contribution in [0.3, 0.4) is 0 Å². The highest BCUT2D eigenvalue weighted by atomic mass is 14.9. The van der Waals surface area contributed by atoms with E-state index in [4.69, 9.17) is 5.73 Å². The fourth-order valence-electron chi connectivity index (χ4n) is 1.80. The third-order valence-corrected chi connectivity index (χ3v) is 2.78. The van der Waals surface area contributed by atoms with Gasteiger partial charge in [0.2, 0.25) is 0 Å². The first-order valence-electron chi connectivity index (χ1n) is 7.24. The number of allylic oxidation sites excluding steroid dienone is 4.